The quantitative estimate of drug-likeness (QED) is 0.385. The molecule has 0 saturated heterocycles. The predicted octanol–water partition coefficient (Wildman–Crippen LogP) is 3.63. The van der Waals surface area contributed by atoms with Crippen molar-refractivity contribution in [3.63, 3.8) is 0 Å². The Hall–Kier alpha value is -3.24. The highest BCUT2D eigenvalue weighted by Crippen LogP contribution is 2.34. The van der Waals surface area contributed by atoms with Crippen LogP contribution in [0, 0.1) is 0 Å². The van der Waals surface area contributed by atoms with E-state index in [4.69, 9.17) is 30.2 Å². The van der Waals surface area contributed by atoms with Gasteiger partial charge in [0.15, 0.2) is 18.1 Å². The van der Waals surface area contributed by atoms with Gasteiger partial charge in [0.05, 0.1) is 6.04 Å². The molecule has 1 amide bonds. The van der Waals surface area contributed by atoms with Crippen molar-refractivity contribution >= 4 is 35.2 Å². The van der Waals surface area contributed by atoms with Gasteiger partial charge in [-0.05, 0) is 48.9 Å². The second kappa shape index (κ2) is 9.92. The number of ether oxygens (including phenoxy) is 3. The van der Waals surface area contributed by atoms with Crippen molar-refractivity contribution in [2.45, 2.75) is 18.2 Å². The molecular formula is C21H18ClN3O6S. The van der Waals surface area contributed by atoms with Gasteiger partial charge < -0.3 is 23.9 Å². The predicted molar refractivity (Wildman–Crippen MR) is 116 cm³/mol. The van der Waals surface area contributed by atoms with Crippen molar-refractivity contribution in [1.29, 1.82) is 0 Å². The number of esters is 1. The van der Waals surface area contributed by atoms with E-state index in [-0.39, 0.29) is 23.8 Å². The Labute approximate surface area is 192 Å². The van der Waals surface area contributed by atoms with Crippen molar-refractivity contribution in [1.82, 2.24) is 15.5 Å². The van der Waals surface area contributed by atoms with E-state index >= 15 is 0 Å². The number of carbonyl (C=O) groups excluding carboxylic acids is 2. The number of benzene rings is 2. The third-order valence-corrected chi connectivity index (χ3v) is 5.49. The molecule has 32 heavy (non-hydrogen) atoms. The molecule has 1 atom stereocenters. The van der Waals surface area contributed by atoms with E-state index in [1.807, 2.05) is 13.0 Å². The number of nitrogens with one attached hydrogen (secondary N) is 1. The van der Waals surface area contributed by atoms with Crippen molar-refractivity contribution < 1.29 is 28.2 Å². The number of hydrogen-bond acceptors (Lipinski definition) is 9. The number of hydrogen-bond donors (Lipinski definition) is 1. The molecule has 0 fully saturated rings. The van der Waals surface area contributed by atoms with Crippen LogP contribution in [0.25, 0.3) is 11.5 Å². The molecule has 11 heteroatoms. The third kappa shape index (κ3) is 5.51. The molecule has 1 aromatic heterocycles. The highest BCUT2D eigenvalue weighted by Gasteiger charge is 2.18. The van der Waals surface area contributed by atoms with Gasteiger partial charge in [0.1, 0.15) is 5.75 Å². The van der Waals surface area contributed by atoms with Crippen LogP contribution >= 0.6 is 23.4 Å². The molecule has 166 valence electrons. The summed E-state index contributed by atoms with van der Waals surface area (Å²) < 4.78 is 21.1. The first-order valence-electron chi connectivity index (χ1n) is 9.55. The molecule has 2 aromatic carbocycles. The van der Waals surface area contributed by atoms with Crippen LogP contribution in [0.4, 0.5) is 0 Å². The number of aromatic nitrogens is 2. The topological polar surface area (TPSA) is 113 Å². The third-order valence-electron chi connectivity index (χ3n) is 4.45. The zero-order valence-corrected chi connectivity index (χ0v) is 18.4. The van der Waals surface area contributed by atoms with Crippen LogP contribution in [0.3, 0.4) is 0 Å². The molecule has 9 nitrogen and oxygen atoms in total. The molecule has 4 rings (SSSR count). The molecule has 1 unspecified atom stereocenters. The van der Waals surface area contributed by atoms with Gasteiger partial charge in [-0.15, -0.1) is 10.2 Å². The smallest absolute Gasteiger partial charge is 0.316 e. The summed E-state index contributed by atoms with van der Waals surface area (Å²) in [5.74, 6) is 0.540. The van der Waals surface area contributed by atoms with Gasteiger partial charge >= 0.3 is 5.97 Å². The summed E-state index contributed by atoms with van der Waals surface area (Å²) in [6.45, 7) is 1.61. The van der Waals surface area contributed by atoms with Gasteiger partial charge in [-0.3, -0.25) is 9.59 Å². The van der Waals surface area contributed by atoms with Crippen LogP contribution in [-0.2, 0) is 14.3 Å². The Morgan fingerprint density at radius 3 is 2.75 bits per heavy atom. The first kappa shape index (κ1) is 22.0. The van der Waals surface area contributed by atoms with E-state index < -0.39 is 18.5 Å². The molecule has 3 aromatic rings. The summed E-state index contributed by atoms with van der Waals surface area (Å²) in [6, 6.07) is 12.1. The molecule has 0 radical (unpaired) electrons. The van der Waals surface area contributed by atoms with E-state index in [1.165, 1.54) is 0 Å². The zero-order chi connectivity index (χ0) is 22.5. The van der Waals surface area contributed by atoms with Gasteiger partial charge in [-0.2, -0.15) is 0 Å². The number of fused-ring (bicyclic) bond motifs is 1. The number of carbonyl (C=O) groups is 2. The van der Waals surface area contributed by atoms with E-state index in [0.717, 1.165) is 17.3 Å². The van der Waals surface area contributed by atoms with Crippen LogP contribution in [0.1, 0.15) is 18.5 Å². The number of nitrogens with zero attached hydrogens (tertiary/aromatic N) is 2. The Balaban J connectivity index is 1.20. The maximum atomic E-state index is 12.1. The molecule has 1 N–H and O–H groups in total. The second-order valence-corrected chi connectivity index (χ2v) is 8.09. The monoisotopic (exact) mass is 475 g/mol. The lowest BCUT2D eigenvalue weighted by atomic mass is 10.1. The van der Waals surface area contributed by atoms with Crippen LogP contribution in [-0.4, -0.2) is 41.2 Å². The Bertz CT molecular complexity index is 1120. The maximum absolute atomic E-state index is 12.1. The molecule has 0 bridgehead atoms. The fourth-order valence-corrected chi connectivity index (χ4v) is 3.52. The average Bonchev–Trinajstić information content (AvgIpc) is 3.45. The van der Waals surface area contributed by atoms with Gasteiger partial charge in [-0.1, -0.05) is 29.4 Å². The number of halogens is 1. The summed E-state index contributed by atoms with van der Waals surface area (Å²) >= 11 is 6.88. The first-order chi connectivity index (χ1) is 15.5. The van der Waals surface area contributed by atoms with E-state index in [1.54, 1.807) is 36.4 Å². The van der Waals surface area contributed by atoms with E-state index in [0.29, 0.717) is 28.0 Å². The summed E-state index contributed by atoms with van der Waals surface area (Å²) in [5.41, 5.74) is 1.56. The van der Waals surface area contributed by atoms with Crippen molar-refractivity contribution in [3.05, 3.63) is 53.1 Å². The minimum atomic E-state index is -0.577. The lowest BCUT2D eigenvalue weighted by molar-refractivity contribution is -0.146. The second-order valence-electron chi connectivity index (χ2n) is 6.73. The minimum absolute atomic E-state index is 0.0761. The Kier molecular flexibility index (Phi) is 6.81. The summed E-state index contributed by atoms with van der Waals surface area (Å²) in [7, 11) is 0. The minimum Gasteiger partial charge on any atom is -0.455 e. The lowest BCUT2D eigenvalue weighted by Crippen LogP contribution is -2.31. The van der Waals surface area contributed by atoms with Crippen LogP contribution < -0.4 is 14.8 Å². The number of amides is 1. The molecular weight excluding hydrogens is 458 g/mol. The van der Waals surface area contributed by atoms with E-state index in [2.05, 4.69) is 15.5 Å². The first-order valence-corrected chi connectivity index (χ1v) is 10.9. The van der Waals surface area contributed by atoms with Crippen LogP contribution in [0.2, 0.25) is 5.02 Å². The molecule has 2 heterocycles. The van der Waals surface area contributed by atoms with Crippen molar-refractivity contribution in [3.8, 4) is 23.0 Å². The fraction of sp³-hybridized carbons (Fsp3) is 0.238. The normalized spacial score (nSPS) is 12.9. The summed E-state index contributed by atoms with van der Waals surface area (Å²) in [6.07, 6.45) is 0. The molecule has 1 aliphatic rings. The fourth-order valence-electron chi connectivity index (χ4n) is 2.83. The molecule has 1 aliphatic heterocycles. The standard InChI is InChI=1S/C21H18ClN3O6S/c1-12(14-4-7-16-17(8-14)30-11-29-16)23-18(26)9-28-19(27)10-32-21-25-24-20(31-21)13-2-5-15(22)6-3-13/h2-8,12H,9-11H2,1H3,(H,23,26). The summed E-state index contributed by atoms with van der Waals surface area (Å²) in [5, 5.41) is 11.4. The van der Waals surface area contributed by atoms with Crippen LogP contribution in [0.15, 0.2) is 52.1 Å². The molecule has 0 saturated carbocycles. The largest absolute Gasteiger partial charge is 0.455 e. The Morgan fingerprint density at radius 2 is 1.94 bits per heavy atom. The van der Waals surface area contributed by atoms with Crippen molar-refractivity contribution in [2.75, 3.05) is 19.2 Å². The van der Waals surface area contributed by atoms with Gasteiger partial charge in [-0.25, -0.2) is 0 Å². The van der Waals surface area contributed by atoms with Gasteiger partial charge in [0.2, 0.25) is 12.7 Å². The Morgan fingerprint density at radius 1 is 1.16 bits per heavy atom. The molecule has 0 aliphatic carbocycles. The van der Waals surface area contributed by atoms with Gasteiger partial charge in [0, 0.05) is 10.6 Å². The maximum Gasteiger partial charge on any atom is 0.316 e. The van der Waals surface area contributed by atoms with Crippen molar-refractivity contribution in [2.24, 2.45) is 0 Å². The SMILES string of the molecule is CC(NC(=O)COC(=O)CSc1nnc(-c2ccc(Cl)cc2)o1)c1ccc2c(c1)OCO2. The molecule has 0 spiro atoms. The van der Waals surface area contributed by atoms with E-state index in [9.17, 15) is 9.59 Å². The van der Waals surface area contributed by atoms with Gasteiger partial charge in [0.25, 0.3) is 11.1 Å². The average molecular weight is 476 g/mol. The summed E-state index contributed by atoms with van der Waals surface area (Å²) in [4.78, 5) is 24.1. The zero-order valence-electron chi connectivity index (χ0n) is 16.9. The number of rotatable bonds is 8. The highest BCUT2D eigenvalue weighted by atomic mass is 35.5. The van der Waals surface area contributed by atoms with Crippen LogP contribution in [0.5, 0.6) is 11.5 Å². The lowest BCUT2D eigenvalue weighted by Gasteiger charge is -2.14. The number of thioether (sulfide) groups is 1. The highest BCUT2D eigenvalue weighted by molar-refractivity contribution is 7.99.